The van der Waals surface area contributed by atoms with Gasteiger partial charge in [-0.25, -0.2) is 0 Å². The quantitative estimate of drug-likeness (QED) is 0.400. The Morgan fingerprint density at radius 1 is 1.00 bits per heavy atom. The van der Waals surface area contributed by atoms with Gasteiger partial charge in [-0.2, -0.15) is 4.91 Å². The van der Waals surface area contributed by atoms with Crippen molar-refractivity contribution in [2.24, 2.45) is 5.18 Å². The molecule has 0 aliphatic carbocycles. The number of benzene rings is 3. The minimum absolute atomic E-state index is 0.0315. The minimum Gasteiger partial charge on any atom is -0.489 e. The van der Waals surface area contributed by atoms with Gasteiger partial charge in [0, 0.05) is 24.3 Å². The highest BCUT2D eigenvalue weighted by atomic mass is 16.5. The maximum atomic E-state index is 11.5. The lowest BCUT2D eigenvalue weighted by molar-refractivity contribution is 0.300. The lowest BCUT2D eigenvalue weighted by Gasteiger charge is -2.41. The van der Waals surface area contributed by atoms with Gasteiger partial charge in [-0.3, -0.25) is 0 Å². The molecule has 4 nitrogen and oxygen atoms in total. The summed E-state index contributed by atoms with van der Waals surface area (Å²) in [5, 5.41) is 3.32. The highest BCUT2D eigenvalue weighted by molar-refractivity contribution is 5.64. The molecule has 1 aliphatic heterocycles. The molecule has 1 atom stereocenters. The Morgan fingerprint density at radius 3 is 2.29 bits per heavy atom. The maximum Gasteiger partial charge on any atom is 0.125 e. The van der Waals surface area contributed by atoms with Crippen molar-refractivity contribution in [3.05, 3.63) is 100.0 Å². The number of ether oxygens (including phenoxy) is 1. The van der Waals surface area contributed by atoms with Crippen LogP contribution in [0, 0.1) is 4.91 Å². The molecule has 0 radical (unpaired) electrons. The zero-order valence-electron chi connectivity index (χ0n) is 18.5. The van der Waals surface area contributed by atoms with Crippen molar-refractivity contribution in [2.45, 2.75) is 51.8 Å². The first-order valence-electron chi connectivity index (χ1n) is 10.9. The molecule has 4 rings (SSSR count). The van der Waals surface area contributed by atoms with E-state index in [1.807, 2.05) is 43.3 Å². The van der Waals surface area contributed by atoms with Crippen molar-refractivity contribution < 1.29 is 4.74 Å². The summed E-state index contributed by atoms with van der Waals surface area (Å²) in [7, 11) is 0. The van der Waals surface area contributed by atoms with Gasteiger partial charge in [0.15, 0.2) is 0 Å². The van der Waals surface area contributed by atoms with E-state index in [2.05, 4.69) is 60.3 Å². The largest absolute Gasteiger partial charge is 0.489 e. The number of anilines is 1. The first-order chi connectivity index (χ1) is 15.0. The van der Waals surface area contributed by atoms with E-state index < -0.39 is 6.04 Å². The Balaban J connectivity index is 1.72. The molecule has 0 saturated carbocycles. The van der Waals surface area contributed by atoms with Gasteiger partial charge in [0.05, 0.1) is 0 Å². The zero-order chi connectivity index (χ0) is 21.8. The molecule has 160 valence electrons. The summed E-state index contributed by atoms with van der Waals surface area (Å²) < 4.78 is 6.24. The minimum atomic E-state index is -0.473. The molecule has 3 aromatic carbocycles. The highest BCUT2D eigenvalue weighted by Crippen LogP contribution is 2.45. The average molecular weight is 415 g/mol. The second-order valence-electron chi connectivity index (χ2n) is 9.00. The highest BCUT2D eigenvalue weighted by Gasteiger charge is 2.33. The number of fused-ring (bicyclic) bond motifs is 1. The number of hydrogen-bond acceptors (Lipinski definition) is 4. The zero-order valence-corrected chi connectivity index (χ0v) is 18.5. The van der Waals surface area contributed by atoms with Crippen LogP contribution in [0.3, 0.4) is 0 Å². The third kappa shape index (κ3) is 4.63. The van der Waals surface area contributed by atoms with Gasteiger partial charge in [0.2, 0.25) is 0 Å². The van der Waals surface area contributed by atoms with Crippen LogP contribution in [-0.2, 0) is 18.6 Å². The second kappa shape index (κ2) is 8.93. The molecular weight excluding hydrogens is 384 g/mol. The van der Waals surface area contributed by atoms with Gasteiger partial charge in [-0.15, -0.1) is 0 Å². The van der Waals surface area contributed by atoms with E-state index in [-0.39, 0.29) is 5.41 Å². The van der Waals surface area contributed by atoms with Crippen molar-refractivity contribution >= 4 is 5.69 Å². The predicted molar refractivity (Wildman–Crippen MR) is 127 cm³/mol. The summed E-state index contributed by atoms with van der Waals surface area (Å²) in [5.74, 6) is 0.754. The van der Waals surface area contributed by atoms with E-state index in [1.165, 1.54) is 16.8 Å². The third-order valence-electron chi connectivity index (χ3n) is 6.27. The van der Waals surface area contributed by atoms with Crippen LogP contribution < -0.4 is 9.64 Å². The van der Waals surface area contributed by atoms with Crippen molar-refractivity contribution in [1.82, 2.24) is 0 Å². The summed E-state index contributed by atoms with van der Waals surface area (Å²) >= 11 is 0. The van der Waals surface area contributed by atoms with Crippen molar-refractivity contribution in [3.8, 4) is 5.75 Å². The molecule has 1 heterocycles. The van der Waals surface area contributed by atoms with Crippen molar-refractivity contribution in [3.63, 3.8) is 0 Å². The molecule has 0 N–H and O–H groups in total. The smallest absolute Gasteiger partial charge is 0.125 e. The number of nitroso groups, excluding NO2 is 1. The Morgan fingerprint density at radius 2 is 1.65 bits per heavy atom. The summed E-state index contributed by atoms with van der Waals surface area (Å²) in [4.78, 5) is 13.9. The van der Waals surface area contributed by atoms with Gasteiger partial charge in [-0.05, 0) is 47.6 Å². The van der Waals surface area contributed by atoms with Crippen molar-refractivity contribution in [1.29, 1.82) is 0 Å². The fourth-order valence-corrected chi connectivity index (χ4v) is 4.27. The van der Waals surface area contributed by atoms with Gasteiger partial charge >= 0.3 is 0 Å². The Hall–Kier alpha value is -3.14. The van der Waals surface area contributed by atoms with E-state index in [0.29, 0.717) is 6.61 Å². The Bertz CT molecular complexity index is 1030. The van der Waals surface area contributed by atoms with Gasteiger partial charge in [0.1, 0.15) is 18.4 Å². The SMILES string of the molecule is CC(N=O)c1cc2c(cc1OCc1ccccc1)C(C)(C)CCN2Cc1ccccc1. The molecule has 0 spiro atoms. The molecule has 1 unspecified atom stereocenters. The fourth-order valence-electron chi connectivity index (χ4n) is 4.27. The second-order valence-corrected chi connectivity index (χ2v) is 9.00. The molecule has 0 saturated heterocycles. The van der Waals surface area contributed by atoms with E-state index in [1.54, 1.807) is 0 Å². The molecule has 3 aromatic rings. The Labute approximate surface area is 184 Å². The molecule has 0 bridgehead atoms. The summed E-state index contributed by atoms with van der Waals surface area (Å²) in [6.07, 6.45) is 1.06. The summed E-state index contributed by atoms with van der Waals surface area (Å²) in [6.45, 7) is 8.69. The molecule has 0 amide bonds. The van der Waals surface area contributed by atoms with E-state index in [4.69, 9.17) is 4.74 Å². The standard InChI is InChI=1S/C27H30N2O2/c1-20(28-30)23-16-25-24(17-26(23)31-19-22-12-8-5-9-13-22)27(2,3)14-15-29(25)18-21-10-6-4-7-11-21/h4-13,16-17,20H,14-15,18-19H2,1-3H3. The van der Waals surface area contributed by atoms with Crippen LogP contribution in [0.5, 0.6) is 5.75 Å². The lowest BCUT2D eigenvalue weighted by atomic mass is 9.76. The average Bonchev–Trinajstić information content (AvgIpc) is 2.80. The molecule has 0 aromatic heterocycles. The van der Waals surface area contributed by atoms with E-state index in [0.717, 1.165) is 36.4 Å². The van der Waals surface area contributed by atoms with Gasteiger partial charge < -0.3 is 9.64 Å². The van der Waals surface area contributed by atoms with Crippen molar-refractivity contribution in [2.75, 3.05) is 11.4 Å². The Kier molecular flexibility index (Phi) is 6.08. The van der Waals surface area contributed by atoms with E-state index in [9.17, 15) is 4.91 Å². The monoisotopic (exact) mass is 414 g/mol. The van der Waals surface area contributed by atoms with Crippen LogP contribution >= 0.6 is 0 Å². The van der Waals surface area contributed by atoms with Crippen LogP contribution in [0.1, 0.15) is 55.5 Å². The number of rotatable bonds is 7. The molecule has 1 aliphatic rings. The predicted octanol–water partition coefficient (Wildman–Crippen LogP) is 6.78. The maximum absolute atomic E-state index is 11.5. The first-order valence-corrected chi connectivity index (χ1v) is 10.9. The fraction of sp³-hybridized carbons (Fsp3) is 0.333. The summed E-state index contributed by atoms with van der Waals surface area (Å²) in [6, 6.07) is 24.4. The first kappa shape index (κ1) is 21.1. The molecule has 0 fully saturated rings. The molecule has 31 heavy (non-hydrogen) atoms. The third-order valence-corrected chi connectivity index (χ3v) is 6.27. The lowest BCUT2D eigenvalue weighted by Crippen LogP contribution is -2.37. The van der Waals surface area contributed by atoms with Gasteiger partial charge in [-0.1, -0.05) is 79.7 Å². The topological polar surface area (TPSA) is 41.9 Å². The van der Waals surface area contributed by atoms with Crippen LogP contribution in [0.4, 0.5) is 5.69 Å². The number of nitrogens with zero attached hydrogens (tertiary/aromatic N) is 2. The molecular formula is C27H30N2O2. The van der Waals surface area contributed by atoms with Crippen LogP contribution in [-0.4, -0.2) is 6.54 Å². The van der Waals surface area contributed by atoms with Crippen LogP contribution in [0.25, 0.3) is 0 Å². The summed E-state index contributed by atoms with van der Waals surface area (Å²) in [5.41, 5.74) is 5.70. The van der Waals surface area contributed by atoms with Crippen LogP contribution in [0.15, 0.2) is 78.0 Å². The normalized spacial score (nSPS) is 15.8. The number of hydrogen-bond donors (Lipinski definition) is 0. The van der Waals surface area contributed by atoms with Gasteiger partial charge in [0.25, 0.3) is 0 Å². The van der Waals surface area contributed by atoms with Crippen LogP contribution in [0.2, 0.25) is 0 Å². The van der Waals surface area contributed by atoms with E-state index >= 15 is 0 Å². The molecule has 4 heteroatoms.